The van der Waals surface area contributed by atoms with Crippen LogP contribution in [0.25, 0.3) is 0 Å². The van der Waals surface area contributed by atoms with Crippen molar-refractivity contribution in [2.45, 2.75) is 13.0 Å². The summed E-state index contributed by atoms with van der Waals surface area (Å²) in [6.45, 7) is 1.63. The zero-order valence-corrected chi connectivity index (χ0v) is 10.4. The van der Waals surface area contributed by atoms with Gasteiger partial charge in [-0.25, -0.2) is 4.79 Å². The number of nitrogens with one attached hydrogen (secondary N) is 1. The third kappa shape index (κ3) is 3.35. The van der Waals surface area contributed by atoms with E-state index in [0.29, 0.717) is 11.4 Å². The fourth-order valence-electron chi connectivity index (χ4n) is 1.48. The Kier molecular flexibility index (Phi) is 4.94. The number of aliphatic hydroxyl groups is 2. The molecule has 0 saturated heterocycles. The topological polar surface area (TPSA) is 105 Å². The molecule has 1 aromatic carbocycles. The molecule has 0 amide bonds. The Bertz CT molecular complexity index is 434. The lowest BCUT2D eigenvalue weighted by Crippen LogP contribution is -2.23. The predicted octanol–water partition coefficient (Wildman–Crippen LogP) is 0.129. The molecule has 5 N–H and O–H groups in total. The number of benzene rings is 1. The molecule has 0 spiro atoms. The zero-order chi connectivity index (χ0) is 13.7. The Morgan fingerprint density at radius 3 is 2.78 bits per heavy atom. The molecule has 0 saturated carbocycles. The van der Waals surface area contributed by atoms with Crippen LogP contribution < -0.4 is 11.1 Å². The Morgan fingerprint density at radius 1 is 1.56 bits per heavy atom. The number of nitrogen functional groups attached to an aromatic ring is 1. The average Bonchev–Trinajstić information content (AvgIpc) is 2.38. The third-order valence-corrected chi connectivity index (χ3v) is 2.54. The first-order chi connectivity index (χ1) is 8.49. The molecule has 100 valence electrons. The van der Waals surface area contributed by atoms with Crippen molar-refractivity contribution in [1.29, 1.82) is 0 Å². The Balaban J connectivity index is 2.94. The number of hydrogen-bond acceptors (Lipinski definition) is 6. The van der Waals surface area contributed by atoms with E-state index in [4.69, 9.17) is 10.8 Å². The van der Waals surface area contributed by atoms with Crippen molar-refractivity contribution in [1.82, 2.24) is 0 Å². The van der Waals surface area contributed by atoms with E-state index in [-0.39, 0.29) is 18.7 Å². The van der Waals surface area contributed by atoms with Gasteiger partial charge >= 0.3 is 5.97 Å². The van der Waals surface area contributed by atoms with Crippen molar-refractivity contribution in [3.8, 4) is 0 Å². The number of esters is 1. The zero-order valence-electron chi connectivity index (χ0n) is 10.4. The van der Waals surface area contributed by atoms with Crippen LogP contribution in [0.3, 0.4) is 0 Å². The van der Waals surface area contributed by atoms with Crippen molar-refractivity contribution >= 4 is 17.3 Å². The fraction of sp³-hybridized carbons (Fsp3) is 0.417. The maximum Gasteiger partial charge on any atom is 0.340 e. The molecule has 1 atom stereocenters. The lowest BCUT2D eigenvalue weighted by atomic mass is 10.1. The number of rotatable bonds is 5. The molecular formula is C12H18N2O4. The number of nitrogens with two attached hydrogens (primary N) is 1. The standard InChI is InChI=1S/C12H18N2O4/c1-7-3-8(14-5-9(16)6-15)4-10(11(7)13)12(17)18-2/h3-4,9,14-16H,5-6,13H2,1-2H3. The van der Waals surface area contributed by atoms with E-state index < -0.39 is 12.1 Å². The summed E-state index contributed by atoms with van der Waals surface area (Å²) >= 11 is 0. The summed E-state index contributed by atoms with van der Waals surface area (Å²) in [5.74, 6) is -0.512. The SMILES string of the molecule is COC(=O)c1cc(NCC(O)CO)cc(C)c1N. The number of carbonyl (C=O) groups excluding carboxylic acids is 1. The summed E-state index contributed by atoms with van der Waals surface area (Å²) < 4.78 is 4.64. The second-order valence-electron chi connectivity index (χ2n) is 3.96. The summed E-state index contributed by atoms with van der Waals surface area (Å²) in [7, 11) is 1.28. The smallest absolute Gasteiger partial charge is 0.340 e. The van der Waals surface area contributed by atoms with Gasteiger partial charge in [-0.15, -0.1) is 0 Å². The van der Waals surface area contributed by atoms with Crippen molar-refractivity contribution < 1.29 is 19.7 Å². The van der Waals surface area contributed by atoms with Crippen molar-refractivity contribution in [3.05, 3.63) is 23.3 Å². The van der Waals surface area contributed by atoms with Gasteiger partial charge in [0.2, 0.25) is 0 Å². The number of ether oxygens (including phenoxy) is 1. The van der Waals surface area contributed by atoms with E-state index in [1.165, 1.54) is 7.11 Å². The van der Waals surface area contributed by atoms with Crippen molar-refractivity contribution in [2.24, 2.45) is 0 Å². The third-order valence-electron chi connectivity index (χ3n) is 2.54. The van der Waals surface area contributed by atoms with Gasteiger partial charge in [0.15, 0.2) is 0 Å². The number of aliphatic hydroxyl groups excluding tert-OH is 2. The molecule has 6 nitrogen and oxygen atoms in total. The first kappa shape index (κ1) is 14.3. The second kappa shape index (κ2) is 6.23. The molecule has 0 radical (unpaired) electrons. The quantitative estimate of drug-likeness (QED) is 0.440. The summed E-state index contributed by atoms with van der Waals surface area (Å²) in [4.78, 5) is 11.5. The summed E-state index contributed by atoms with van der Waals surface area (Å²) in [6, 6.07) is 3.31. The highest BCUT2D eigenvalue weighted by atomic mass is 16.5. The van der Waals surface area contributed by atoms with Crippen LogP contribution in [-0.4, -0.2) is 42.5 Å². The van der Waals surface area contributed by atoms with Gasteiger partial charge in [0, 0.05) is 17.9 Å². The molecule has 0 bridgehead atoms. The first-order valence-electron chi connectivity index (χ1n) is 5.50. The number of hydrogen-bond donors (Lipinski definition) is 4. The molecule has 1 unspecified atom stereocenters. The average molecular weight is 254 g/mol. The molecular weight excluding hydrogens is 236 g/mol. The van der Waals surface area contributed by atoms with Gasteiger partial charge < -0.3 is 26.0 Å². The highest BCUT2D eigenvalue weighted by Crippen LogP contribution is 2.23. The monoisotopic (exact) mass is 254 g/mol. The van der Waals surface area contributed by atoms with Gasteiger partial charge in [0.1, 0.15) is 0 Å². The molecule has 6 heteroatoms. The maximum atomic E-state index is 11.5. The van der Waals surface area contributed by atoms with E-state index in [1.54, 1.807) is 19.1 Å². The normalized spacial score (nSPS) is 12.0. The molecule has 0 fully saturated rings. The van der Waals surface area contributed by atoms with Gasteiger partial charge in [0.25, 0.3) is 0 Å². The Labute approximate surface area is 105 Å². The van der Waals surface area contributed by atoms with E-state index in [1.807, 2.05) is 0 Å². The van der Waals surface area contributed by atoms with Crippen molar-refractivity contribution in [2.75, 3.05) is 31.3 Å². The molecule has 0 aliphatic rings. The van der Waals surface area contributed by atoms with Gasteiger partial charge in [0.05, 0.1) is 25.4 Å². The summed E-state index contributed by atoms with van der Waals surface area (Å²) in [5, 5.41) is 20.9. The van der Waals surface area contributed by atoms with Crippen LogP contribution in [0.15, 0.2) is 12.1 Å². The molecule has 1 aromatic rings. The molecule has 0 heterocycles. The Morgan fingerprint density at radius 2 is 2.22 bits per heavy atom. The van der Waals surface area contributed by atoms with Crippen LogP contribution in [0.4, 0.5) is 11.4 Å². The van der Waals surface area contributed by atoms with Gasteiger partial charge in [-0.1, -0.05) is 0 Å². The molecule has 0 aliphatic carbocycles. The summed E-state index contributed by atoms with van der Waals surface area (Å²) in [6.07, 6.45) is -0.857. The number of carbonyl (C=O) groups is 1. The predicted molar refractivity (Wildman–Crippen MR) is 68.5 cm³/mol. The Hall–Kier alpha value is -1.79. The minimum absolute atomic E-state index is 0.181. The van der Waals surface area contributed by atoms with Crippen LogP contribution in [0.5, 0.6) is 0 Å². The highest BCUT2D eigenvalue weighted by Gasteiger charge is 2.13. The molecule has 1 rings (SSSR count). The summed E-state index contributed by atoms with van der Waals surface area (Å²) in [5.41, 5.74) is 7.81. The minimum Gasteiger partial charge on any atom is -0.465 e. The minimum atomic E-state index is -0.857. The van der Waals surface area contributed by atoms with Gasteiger partial charge in [-0.3, -0.25) is 0 Å². The van der Waals surface area contributed by atoms with E-state index >= 15 is 0 Å². The number of aryl methyl sites for hydroxylation is 1. The molecule has 0 aliphatic heterocycles. The van der Waals surface area contributed by atoms with E-state index in [2.05, 4.69) is 10.1 Å². The van der Waals surface area contributed by atoms with E-state index in [0.717, 1.165) is 5.56 Å². The number of methoxy groups -OCH3 is 1. The van der Waals surface area contributed by atoms with Crippen molar-refractivity contribution in [3.63, 3.8) is 0 Å². The van der Waals surface area contributed by atoms with Crippen LogP contribution in [0.2, 0.25) is 0 Å². The first-order valence-corrected chi connectivity index (χ1v) is 5.50. The maximum absolute atomic E-state index is 11.5. The fourth-order valence-corrected chi connectivity index (χ4v) is 1.48. The van der Waals surface area contributed by atoms with Crippen LogP contribution >= 0.6 is 0 Å². The lowest BCUT2D eigenvalue weighted by molar-refractivity contribution is 0.0602. The molecule has 18 heavy (non-hydrogen) atoms. The molecule has 0 aromatic heterocycles. The van der Waals surface area contributed by atoms with Gasteiger partial charge in [-0.2, -0.15) is 0 Å². The largest absolute Gasteiger partial charge is 0.465 e. The highest BCUT2D eigenvalue weighted by molar-refractivity contribution is 5.97. The van der Waals surface area contributed by atoms with Gasteiger partial charge in [-0.05, 0) is 24.6 Å². The van der Waals surface area contributed by atoms with E-state index in [9.17, 15) is 9.90 Å². The number of anilines is 2. The lowest BCUT2D eigenvalue weighted by Gasteiger charge is -2.14. The van der Waals surface area contributed by atoms with Crippen LogP contribution in [0, 0.1) is 6.92 Å². The van der Waals surface area contributed by atoms with Crippen LogP contribution in [-0.2, 0) is 4.74 Å². The van der Waals surface area contributed by atoms with Crippen LogP contribution in [0.1, 0.15) is 15.9 Å². The second-order valence-corrected chi connectivity index (χ2v) is 3.96.